The van der Waals surface area contributed by atoms with E-state index in [2.05, 4.69) is 36.4 Å². The lowest BCUT2D eigenvalue weighted by atomic mass is 9.73. The van der Waals surface area contributed by atoms with Gasteiger partial charge in [0.2, 0.25) is 0 Å². The van der Waals surface area contributed by atoms with Crippen LogP contribution in [0.3, 0.4) is 0 Å². The predicted molar refractivity (Wildman–Crippen MR) is 161 cm³/mol. The maximum Gasteiger partial charge on any atom is 0.496 e. The Balaban J connectivity index is 1.05. The highest BCUT2D eigenvalue weighted by Crippen LogP contribution is 2.46. The number of carbonyl (C=O) groups excluding carboxylic acids is 1. The molecule has 1 aromatic heterocycles. The van der Waals surface area contributed by atoms with Crippen molar-refractivity contribution in [1.29, 1.82) is 0 Å². The topological polar surface area (TPSA) is 81.1 Å². The molecule has 2 unspecified atom stereocenters. The minimum absolute atomic E-state index is 0.0228. The van der Waals surface area contributed by atoms with Crippen molar-refractivity contribution in [3.63, 3.8) is 0 Å². The summed E-state index contributed by atoms with van der Waals surface area (Å²) >= 11 is 0. The molecule has 4 heterocycles. The van der Waals surface area contributed by atoms with Crippen LogP contribution in [0, 0.1) is 0 Å². The van der Waals surface area contributed by atoms with Crippen molar-refractivity contribution in [2.24, 2.45) is 0 Å². The van der Waals surface area contributed by atoms with Crippen LogP contribution >= 0.6 is 0 Å². The van der Waals surface area contributed by atoms with Gasteiger partial charge in [-0.2, -0.15) is 0 Å². The number of piperidine rings is 2. The predicted octanol–water partition coefficient (Wildman–Crippen LogP) is 5.53. The van der Waals surface area contributed by atoms with Gasteiger partial charge in [0.15, 0.2) is 0 Å². The summed E-state index contributed by atoms with van der Waals surface area (Å²) in [5.41, 5.74) is 4.33. The third-order valence-corrected chi connectivity index (χ3v) is 10.3. The van der Waals surface area contributed by atoms with Crippen LogP contribution in [0.25, 0.3) is 11.1 Å². The molecule has 0 saturated carbocycles. The second-order valence-electron chi connectivity index (χ2n) is 13.5. The second kappa shape index (κ2) is 9.93. The number of hydrogen-bond acceptors (Lipinski definition) is 6. The summed E-state index contributed by atoms with van der Waals surface area (Å²) < 4.78 is 18.4. The standard InChI is InChI=1S/C34H39BN2O5/c1-32(2)33(3,4)42-35(41-32)22-16-17-30(36-20-22)34(39)18-23-10-9-11-24(19-34)37(23)31(38)40-21-29-27-14-7-5-12-25(27)26-13-6-8-15-28(26)29/h5-8,12-17,20,23-24,29,39H,9-11,18-19,21H2,1-4H3. The van der Waals surface area contributed by atoms with Crippen LogP contribution in [-0.2, 0) is 19.6 Å². The van der Waals surface area contributed by atoms with Gasteiger partial charge in [-0.25, -0.2) is 4.79 Å². The number of rotatable bonds is 4. The summed E-state index contributed by atoms with van der Waals surface area (Å²) in [6, 6.07) is 20.4. The largest absolute Gasteiger partial charge is 0.496 e. The first kappa shape index (κ1) is 27.6. The quantitative estimate of drug-likeness (QED) is 0.418. The van der Waals surface area contributed by atoms with E-state index in [9.17, 15) is 9.90 Å². The molecule has 2 bridgehead atoms. The van der Waals surface area contributed by atoms with Crippen LogP contribution in [0.1, 0.15) is 82.5 Å². The summed E-state index contributed by atoms with van der Waals surface area (Å²) in [4.78, 5) is 20.2. The van der Waals surface area contributed by atoms with Gasteiger partial charge in [0.1, 0.15) is 12.2 Å². The van der Waals surface area contributed by atoms with Crippen molar-refractivity contribution < 1.29 is 23.9 Å². The molecule has 1 aliphatic carbocycles. The Kier molecular flexibility index (Phi) is 6.53. The molecule has 218 valence electrons. The van der Waals surface area contributed by atoms with E-state index in [4.69, 9.17) is 19.0 Å². The summed E-state index contributed by atoms with van der Waals surface area (Å²) in [6.45, 7) is 8.41. The van der Waals surface area contributed by atoms with Crippen molar-refractivity contribution in [1.82, 2.24) is 9.88 Å². The molecule has 3 saturated heterocycles. The highest BCUT2D eigenvalue weighted by Gasteiger charge is 2.53. The zero-order valence-corrected chi connectivity index (χ0v) is 24.9. The molecule has 3 fully saturated rings. The molecule has 42 heavy (non-hydrogen) atoms. The Bertz CT molecular complexity index is 1430. The molecule has 3 aliphatic heterocycles. The highest BCUT2D eigenvalue weighted by atomic mass is 16.7. The molecular formula is C34H39BN2O5. The number of carbonyl (C=O) groups is 1. The molecule has 0 radical (unpaired) electrons. The van der Waals surface area contributed by atoms with Gasteiger partial charge in [-0.05, 0) is 75.3 Å². The molecule has 2 aromatic carbocycles. The lowest BCUT2D eigenvalue weighted by Gasteiger charge is -2.51. The maximum atomic E-state index is 13.6. The zero-order valence-electron chi connectivity index (χ0n) is 24.9. The first-order valence-electron chi connectivity index (χ1n) is 15.2. The second-order valence-corrected chi connectivity index (χ2v) is 13.5. The van der Waals surface area contributed by atoms with E-state index in [1.807, 2.05) is 56.9 Å². The van der Waals surface area contributed by atoms with Crippen molar-refractivity contribution in [3.8, 4) is 11.1 Å². The number of nitrogens with zero attached hydrogens (tertiary/aromatic N) is 2. The van der Waals surface area contributed by atoms with Gasteiger partial charge in [0.05, 0.1) is 16.9 Å². The van der Waals surface area contributed by atoms with Gasteiger partial charge in [-0.15, -0.1) is 0 Å². The van der Waals surface area contributed by atoms with E-state index in [-0.39, 0.29) is 24.1 Å². The first-order valence-corrected chi connectivity index (χ1v) is 15.2. The van der Waals surface area contributed by atoms with Crippen LogP contribution in [0.5, 0.6) is 0 Å². The van der Waals surface area contributed by atoms with Crippen LogP contribution in [0.4, 0.5) is 4.79 Å². The molecule has 7 nitrogen and oxygen atoms in total. The van der Waals surface area contributed by atoms with Crippen molar-refractivity contribution >= 4 is 18.7 Å². The van der Waals surface area contributed by atoms with E-state index in [0.717, 1.165) is 24.7 Å². The molecule has 1 N–H and O–H groups in total. The van der Waals surface area contributed by atoms with Crippen LogP contribution in [-0.4, -0.2) is 58.1 Å². The third kappa shape index (κ3) is 4.46. The number of hydrogen-bond donors (Lipinski definition) is 1. The minimum atomic E-state index is -1.11. The van der Waals surface area contributed by atoms with Gasteiger partial charge in [0, 0.05) is 42.5 Å². The fraction of sp³-hybridized carbons (Fsp3) is 0.471. The number of aliphatic hydroxyl groups is 1. The average molecular weight is 567 g/mol. The Morgan fingerprint density at radius 3 is 2.05 bits per heavy atom. The van der Waals surface area contributed by atoms with Crippen LogP contribution < -0.4 is 5.46 Å². The van der Waals surface area contributed by atoms with Crippen molar-refractivity contribution in [2.75, 3.05) is 6.61 Å². The van der Waals surface area contributed by atoms with Gasteiger partial charge in [-0.1, -0.05) is 54.6 Å². The summed E-state index contributed by atoms with van der Waals surface area (Å²) in [5.74, 6) is 0.0228. The Hall–Kier alpha value is -3.20. The Morgan fingerprint density at radius 2 is 1.50 bits per heavy atom. The van der Waals surface area contributed by atoms with Gasteiger partial charge in [0.25, 0.3) is 0 Å². The zero-order chi connectivity index (χ0) is 29.3. The van der Waals surface area contributed by atoms with E-state index < -0.39 is 23.9 Å². The monoisotopic (exact) mass is 566 g/mol. The SMILES string of the molecule is CC1(C)OB(c2ccc(C3(O)CC4CCCC(C3)N4C(=O)OCC3c4ccccc4-c4ccccc43)nc2)OC1(C)C. The van der Waals surface area contributed by atoms with Crippen molar-refractivity contribution in [2.45, 2.75) is 94.6 Å². The van der Waals surface area contributed by atoms with Crippen molar-refractivity contribution in [3.05, 3.63) is 83.7 Å². The molecule has 1 amide bonds. The Morgan fingerprint density at radius 1 is 0.929 bits per heavy atom. The van der Waals surface area contributed by atoms with E-state index in [0.29, 0.717) is 25.1 Å². The molecule has 2 atom stereocenters. The maximum absolute atomic E-state index is 13.6. The van der Waals surface area contributed by atoms with Gasteiger partial charge < -0.3 is 24.1 Å². The number of fused-ring (bicyclic) bond motifs is 5. The Labute approximate surface area is 248 Å². The average Bonchev–Trinajstić information content (AvgIpc) is 3.40. The van der Waals surface area contributed by atoms with Gasteiger partial charge in [-0.3, -0.25) is 4.98 Å². The molecule has 7 rings (SSSR count). The lowest BCUT2D eigenvalue weighted by Crippen LogP contribution is -2.59. The molecule has 4 aliphatic rings. The fourth-order valence-corrected chi connectivity index (χ4v) is 7.40. The molecule has 8 heteroatoms. The first-order chi connectivity index (χ1) is 20.1. The number of pyridine rings is 1. The normalized spacial score (nSPS) is 27.5. The molecule has 3 aromatic rings. The van der Waals surface area contributed by atoms with Gasteiger partial charge >= 0.3 is 13.2 Å². The smallest absolute Gasteiger partial charge is 0.448 e. The van der Waals surface area contributed by atoms with E-state index in [1.165, 1.54) is 22.3 Å². The van der Waals surface area contributed by atoms with Crippen LogP contribution in [0.15, 0.2) is 66.9 Å². The highest BCUT2D eigenvalue weighted by molar-refractivity contribution is 6.62. The number of benzene rings is 2. The summed E-state index contributed by atoms with van der Waals surface area (Å²) in [7, 11) is -0.499. The number of amides is 1. The van der Waals surface area contributed by atoms with Crippen LogP contribution in [0.2, 0.25) is 0 Å². The number of ether oxygens (including phenoxy) is 1. The summed E-state index contributed by atoms with van der Waals surface area (Å²) in [5, 5.41) is 11.9. The van der Waals surface area contributed by atoms with E-state index >= 15 is 0 Å². The number of aromatic nitrogens is 1. The molecule has 0 spiro atoms. The van der Waals surface area contributed by atoms with E-state index in [1.54, 1.807) is 6.20 Å². The fourth-order valence-electron chi connectivity index (χ4n) is 7.40. The molecular weight excluding hydrogens is 527 g/mol. The lowest BCUT2D eigenvalue weighted by molar-refractivity contribution is -0.0913. The minimum Gasteiger partial charge on any atom is -0.448 e. The third-order valence-electron chi connectivity index (χ3n) is 10.3. The summed E-state index contributed by atoms with van der Waals surface area (Å²) in [6.07, 6.45) is 5.07.